The highest BCUT2D eigenvalue weighted by Gasteiger charge is 2.44. The Kier molecular flexibility index (Phi) is 6.06. The quantitative estimate of drug-likeness (QED) is 0.599. The van der Waals surface area contributed by atoms with Crippen LogP contribution in [0.3, 0.4) is 0 Å². The van der Waals surface area contributed by atoms with Gasteiger partial charge in [-0.05, 0) is 50.0 Å². The van der Waals surface area contributed by atoms with Gasteiger partial charge < -0.3 is 0 Å². The highest BCUT2D eigenvalue weighted by Crippen LogP contribution is 2.39. The number of halogens is 1. The Balaban J connectivity index is 2.24. The normalized spacial score (nSPS) is 19.1. The fourth-order valence-electron chi connectivity index (χ4n) is 4.03. The van der Waals surface area contributed by atoms with Gasteiger partial charge in [-0.3, -0.25) is 16.2 Å². The summed E-state index contributed by atoms with van der Waals surface area (Å²) in [6.07, 6.45) is 5.97. The van der Waals surface area contributed by atoms with Gasteiger partial charge in [0.2, 0.25) is 0 Å². The first-order valence-electron chi connectivity index (χ1n) is 8.12. The lowest BCUT2D eigenvalue weighted by Crippen LogP contribution is -2.62. The lowest BCUT2D eigenvalue weighted by Gasteiger charge is -2.46. The molecule has 0 heterocycles. The first-order valence-corrected chi connectivity index (χ1v) is 8.49. The first kappa shape index (κ1) is 16.8. The van der Waals surface area contributed by atoms with Crippen LogP contribution in [0.2, 0.25) is 5.02 Å². The number of nitrogens with one attached hydrogen (secondary N) is 1. The van der Waals surface area contributed by atoms with E-state index in [4.69, 9.17) is 17.4 Å². The van der Waals surface area contributed by atoms with Crippen LogP contribution < -0.4 is 11.3 Å². The van der Waals surface area contributed by atoms with Crippen molar-refractivity contribution in [3.8, 4) is 0 Å². The summed E-state index contributed by atoms with van der Waals surface area (Å²) in [5.41, 5.74) is 4.55. The van der Waals surface area contributed by atoms with Crippen molar-refractivity contribution in [2.75, 3.05) is 13.1 Å². The van der Waals surface area contributed by atoms with Crippen LogP contribution in [0.25, 0.3) is 0 Å². The van der Waals surface area contributed by atoms with E-state index < -0.39 is 0 Å². The Morgan fingerprint density at radius 2 is 1.95 bits per heavy atom. The molecule has 0 saturated heterocycles. The molecule has 1 aliphatic rings. The smallest absolute Gasteiger partial charge is 0.0435 e. The number of hydrogen-bond donors (Lipinski definition) is 2. The van der Waals surface area contributed by atoms with Gasteiger partial charge in [-0.2, -0.15) is 0 Å². The van der Waals surface area contributed by atoms with Gasteiger partial charge in [-0.25, -0.2) is 0 Å². The number of rotatable bonds is 7. The Morgan fingerprint density at radius 3 is 2.48 bits per heavy atom. The standard InChI is InChI=1S/C17H28ClN3/c1-3-21(4-2)17(10-5-6-11-17)16(20-19)13-14-8-7-9-15(18)12-14/h7-9,12,16,20H,3-6,10-11,13,19H2,1-2H3. The minimum absolute atomic E-state index is 0.181. The third-order valence-corrected chi connectivity index (χ3v) is 5.28. The third kappa shape index (κ3) is 3.59. The van der Waals surface area contributed by atoms with Crippen molar-refractivity contribution in [3.63, 3.8) is 0 Å². The molecule has 3 N–H and O–H groups in total. The summed E-state index contributed by atoms with van der Waals surface area (Å²) in [5.74, 6) is 5.96. The number of benzene rings is 1. The molecule has 1 atom stereocenters. The van der Waals surface area contributed by atoms with E-state index >= 15 is 0 Å². The molecular formula is C17H28ClN3. The molecule has 21 heavy (non-hydrogen) atoms. The molecule has 0 aromatic heterocycles. The maximum atomic E-state index is 6.12. The molecule has 4 heteroatoms. The molecule has 2 rings (SSSR count). The molecule has 0 aliphatic heterocycles. The zero-order valence-electron chi connectivity index (χ0n) is 13.2. The van der Waals surface area contributed by atoms with Crippen molar-refractivity contribution < 1.29 is 0 Å². The molecule has 1 aromatic carbocycles. The van der Waals surface area contributed by atoms with E-state index in [-0.39, 0.29) is 11.6 Å². The van der Waals surface area contributed by atoms with Crippen molar-refractivity contribution >= 4 is 11.6 Å². The van der Waals surface area contributed by atoms with Crippen LogP contribution in [0, 0.1) is 0 Å². The van der Waals surface area contributed by atoms with Crippen LogP contribution in [0.5, 0.6) is 0 Å². The van der Waals surface area contributed by atoms with E-state index in [1.54, 1.807) is 0 Å². The van der Waals surface area contributed by atoms with Crippen molar-refractivity contribution in [1.82, 2.24) is 10.3 Å². The number of hydrazine groups is 1. The first-order chi connectivity index (χ1) is 10.2. The van der Waals surface area contributed by atoms with Crippen LogP contribution in [-0.2, 0) is 6.42 Å². The van der Waals surface area contributed by atoms with Gasteiger partial charge in [-0.1, -0.05) is 50.4 Å². The topological polar surface area (TPSA) is 41.3 Å². The molecule has 1 saturated carbocycles. The summed E-state index contributed by atoms with van der Waals surface area (Å²) in [7, 11) is 0. The molecule has 1 unspecified atom stereocenters. The van der Waals surface area contributed by atoms with Gasteiger partial charge in [0, 0.05) is 16.6 Å². The summed E-state index contributed by atoms with van der Waals surface area (Å²) >= 11 is 6.12. The predicted molar refractivity (Wildman–Crippen MR) is 90.4 cm³/mol. The Labute approximate surface area is 133 Å². The molecule has 0 spiro atoms. The predicted octanol–water partition coefficient (Wildman–Crippen LogP) is 3.37. The van der Waals surface area contributed by atoms with E-state index in [1.807, 2.05) is 12.1 Å². The van der Waals surface area contributed by atoms with Gasteiger partial charge in [-0.15, -0.1) is 0 Å². The average Bonchev–Trinajstić information content (AvgIpc) is 2.96. The van der Waals surface area contributed by atoms with Crippen LogP contribution in [0.4, 0.5) is 0 Å². The van der Waals surface area contributed by atoms with Gasteiger partial charge in [0.1, 0.15) is 0 Å². The summed E-state index contributed by atoms with van der Waals surface area (Å²) in [4.78, 5) is 2.59. The van der Waals surface area contributed by atoms with Crippen LogP contribution in [0.1, 0.15) is 45.1 Å². The summed E-state index contributed by atoms with van der Waals surface area (Å²) in [6, 6.07) is 8.39. The maximum Gasteiger partial charge on any atom is 0.0435 e. The summed E-state index contributed by atoms with van der Waals surface area (Å²) in [6.45, 7) is 6.64. The molecule has 0 radical (unpaired) electrons. The molecule has 0 bridgehead atoms. The summed E-state index contributed by atoms with van der Waals surface area (Å²) in [5, 5.41) is 0.798. The van der Waals surface area contributed by atoms with Crippen molar-refractivity contribution in [3.05, 3.63) is 34.9 Å². The zero-order chi connectivity index (χ0) is 15.3. The van der Waals surface area contributed by atoms with Crippen LogP contribution in [-0.4, -0.2) is 29.6 Å². The maximum absolute atomic E-state index is 6.12. The fraction of sp³-hybridized carbons (Fsp3) is 0.647. The number of nitrogens with zero attached hydrogens (tertiary/aromatic N) is 1. The molecular weight excluding hydrogens is 282 g/mol. The van der Waals surface area contributed by atoms with Crippen molar-refractivity contribution in [1.29, 1.82) is 0 Å². The summed E-state index contributed by atoms with van der Waals surface area (Å²) < 4.78 is 0. The van der Waals surface area contributed by atoms with Gasteiger partial charge >= 0.3 is 0 Å². The molecule has 0 amide bonds. The van der Waals surface area contributed by atoms with Crippen molar-refractivity contribution in [2.45, 2.75) is 57.5 Å². The van der Waals surface area contributed by atoms with E-state index in [1.165, 1.54) is 31.2 Å². The molecule has 1 aliphatic carbocycles. The van der Waals surface area contributed by atoms with E-state index in [2.05, 4.69) is 36.3 Å². The van der Waals surface area contributed by atoms with Crippen LogP contribution in [0.15, 0.2) is 24.3 Å². The van der Waals surface area contributed by atoms with E-state index in [0.717, 1.165) is 24.5 Å². The Bertz CT molecular complexity index is 439. The second kappa shape index (κ2) is 7.59. The number of nitrogens with two attached hydrogens (primary N) is 1. The largest absolute Gasteiger partial charge is 0.297 e. The Morgan fingerprint density at radius 1 is 1.29 bits per heavy atom. The Hall–Kier alpha value is -0.610. The van der Waals surface area contributed by atoms with Gasteiger partial charge in [0.15, 0.2) is 0 Å². The molecule has 3 nitrogen and oxygen atoms in total. The second-order valence-electron chi connectivity index (χ2n) is 6.04. The van der Waals surface area contributed by atoms with Crippen molar-refractivity contribution in [2.24, 2.45) is 5.84 Å². The number of hydrogen-bond acceptors (Lipinski definition) is 3. The third-order valence-electron chi connectivity index (χ3n) is 5.04. The average molecular weight is 310 g/mol. The second-order valence-corrected chi connectivity index (χ2v) is 6.47. The fourth-order valence-corrected chi connectivity index (χ4v) is 4.24. The minimum atomic E-state index is 0.181. The lowest BCUT2D eigenvalue weighted by atomic mass is 9.82. The molecule has 1 fully saturated rings. The molecule has 118 valence electrons. The highest BCUT2D eigenvalue weighted by atomic mass is 35.5. The van der Waals surface area contributed by atoms with Gasteiger partial charge in [0.25, 0.3) is 0 Å². The van der Waals surface area contributed by atoms with E-state index in [9.17, 15) is 0 Å². The number of likely N-dealkylation sites (N-methyl/N-ethyl adjacent to an activating group) is 1. The van der Waals surface area contributed by atoms with Gasteiger partial charge in [0.05, 0.1) is 0 Å². The monoisotopic (exact) mass is 309 g/mol. The SMILES string of the molecule is CCN(CC)C1(C(Cc2cccc(Cl)c2)NN)CCCC1. The lowest BCUT2D eigenvalue weighted by molar-refractivity contribution is 0.0630. The zero-order valence-corrected chi connectivity index (χ0v) is 14.0. The van der Waals surface area contributed by atoms with Crippen LogP contribution >= 0.6 is 11.6 Å². The van der Waals surface area contributed by atoms with E-state index in [0.29, 0.717) is 0 Å². The highest BCUT2D eigenvalue weighted by molar-refractivity contribution is 6.30. The molecule has 1 aromatic rings. The minimum Gasteiger partial charge on any atom is -0.297 e.